The molecule has 0 saturated carbocycles. The van der Waals surface area contributed by atoms with Crippen molar-refractivity contribution in [1.82, 2.24) is 14.9 Å². The summed E-state index contributed by atoms with van der Waals surface area (Å²) in [5, 5.41) is 2.51. The van der Waals surface area contributed by atoms with E-state index in [0.29, 0.717) is 6.54 Å². The molecule has 1 aliphatic heterocycles. The number of nitrogens with one attached hydrogen (secondary N) is 2. The summed E-state index contributed by atoms with van der Waals surface area (Å²) in [6.45, 7) is 4.08. The van der Waals surface area contributed by atoms with Gasteiger partial charge in [0.15, 0.2) is 0 Å². The maximum Gasteiger partial charge on any atom is 0.215 e. The molecule has 16 heavy (non-hydrogen) atoms. The third-order valence-corrected chi connectivity index (χ3v) is 4.86. The normalized spacial score (nSPS) is 25.6. The van der Waals surface area contributed by atoms with Crippen LogP contribution in [0.25, 0.3) is 0 Å². The molecule has 0 spiro atoms. The van der Waals surface area contributed by atoms with Gasteiger partial charge in [-0.3, -0.25) is 0 Å². The van der Waals surface area contributed by atoms with Gasteiger partial charge >= 0.3 is 0 Å². The number of sulfonamides is 1. The van der Waals surface area contributed by atoms with Crippen molar-refractivity contribution in [3.63, 3.8) is 0 Å². The largest absolute Gasteiger partial charge is 0.318 e. The summed E-state index contributed by atoms with van der Waals surface area (Å²) in [4.78, 5) is 2.17. The van der Waals surface area contributed by atoms with E-state index in [0.717, 1.165) is 25.9 Å². The molecule has 0 aromatic rings. The van der Waals surface area contributed by atoms with Gasteiger partial charge in [0.1, 0.15) is 0 Å². The van der Waals surface area contributed by atoms with Crippen molar-refractivity contribution in [3.8, 4) is 0 Å². The quantitative estimate of drug-likeness (QED) is 0.696. The first kappa shape index (κ1) is 13.9. The molecule has 0 aromatic heterocycles. The molecule has 6 heteroatoms. The van der Waals surface area contributed by atoms with Gasteiger partial charge in [0.2, 0.25) is 10.0 Å². The molecule has 2 N–H and O–H groups in total. The lowest BCUT2D eigenvalue weighted by Crippen LogP contribution is -2.49. The molecular formula is C10H23N3O2S. The van der Waals surface area contributed by atoms with Crippen LogP contribution in [0.5, 0.6) is 0 Å². The van der Waals surface area contributed by atoms with E-state index >= 15 is 0 Å². The fourth-order valence-electron chi connectivity index (χ4n) is 2.01. The van der Waals surface area contributed by atoms with Crippen LogP contribution in [0.3, 0.4) is 0 Å². The highest BCUT2D eigenvalue weighted by atomic mass is 32.2. The van der Waals surface area contributed by atoms with Crippen molar-refractivity contribution in [3.05, 3.63) is 0 Å². The van der Waals surface area contributed by atoms with E-state index in [1.54, 1.807) is 14.0 Å². The smallest absolute Gasteiger partial charge is 0.215 e. The third-order valence-electron chi connectivity index (χ3n) is 2.98. The molecule has 2 unspecified atom stereocenters. The lowest BCUT2D eigenvalue weighted by molar-refractivity contribution is 0.242. The van der Waals surface area contributed by atoms with Crippen molar-refractivity contribution in [2.75, 3.05) is 33.7 Å². The summed E-state index contributed by atoms with van der Waals surface area (Å²) in [5.74, 6) is 0. The van der Waals surface area contributed by atoms with Crippen LogP contribution in [-0.4, -0.2) is 58.3 Å². The van der Waals surface area contributed by atoms with Gasteiger partial charge in [-0.25, -0.2) is 13.1 Å². The van der Waals surface area contributed by atoms with E-state index < -0.39 is 10.0 Å². The summed E-state index contributed by atoms with van der Waals surface area (Å²) in [6, 6.07) is 0.0723. The fraction of sp³-hybridized carbons (Fsp3) is 1.00. The molecule has 1 rings (SSSR count). The van der Waals surface area contributed by atoms with Crippen LogP contribution < -0.4 is 10.0 Å². The summed E-state index contributed by atoms with van der Waals surface area (Å²) in [6.07, 6.45) is 2.00. The lowest BCUT2D eigenvalue weighted by Gasteiger charge is -2.30. The van der Waals surface area contributed by atoms with Crippen LogP contribution in [0.4, 0.5) is 0 Å². The van der Waals surface area contributed by atoms with Crippen molar-refractivity contribution >= 4 is 10.0 Å². The summed E-state index contributed by atoms with van der Waals surface area (Å²) < 4.78 is 26.7. The Morgan fingerprint density at radius 1 is 1.50 bits per heavy atom. The number of hydrogen-bond donors (Lipinski definition) is 2. The average Bonchev–Trinajstić information content (AvgIpc) is 2.17. The summed E-state index contributed by atoms with van der Waals surface area (Å²) in [5.41, 5.74) is 0. The zero-order valence-corrected chi connectivity index (χ0v) is 11.2. The zero-order chi connectivity index (χ0) is 12.2. The van der Waals surface area contributed by atoms with Gasteiger partial charge < -0.3 is 10.2 Å². The number of likely N-dealkylation sites (tertiary alicyclic amines) is 1. The van der Waals surface area contributed by atoms with Gasteiger partial charge in [-0.15, -0.1) is 0 Å². The fourth-order valence-corrected chi connectivity index (χ4v) is 3.28. The first-order valence-corrected chi connectivity index (χ1v) is 7.34. The second kappa shape index (κ2) is 5.95. The van der Waals surface area contributed by atoms with Crippen LogP contribution in [0, 0.1) is 0 Å². The Kier molecular flexibility index (Phi) is 5.17. The highest BCUT2D eigenvalue weighted by molar-refractivity contribution is 7.90. The van der Waals surface area contributed by atoms with Crippen LogP contribution in [0.15, 0.2) is 0 Å². The van der Waals surface area contributed by atoms with Crippen LogP contribution >= 0.6 is 0 Å². The first-order chi connectivity index (χ1) is 7.45. The number of piperidine rings is 1. The van der Waals surface area contributed by atoms with Crippen LogP contribution in [-0.2, 0) is 10.0 Å². The summed E-state index contributed by atoms with van der Waals surface area (Å²) >= 11 is 0. The monoisotopic (exact) mass is 249 g/mol. The number of rotatable bonds is 5. The maximum absolute atomic E-state index is 11.9. The molecule has 1 saturated heterocycles. The van der Waals surface area contributed by atoms with E-state index in [4.69, 9.17) is 0 Å². The molecule has 0 radical (unpaired) electrons. The third kappa shape index (κ3) is 4.01. The highest BCUT2D eigenvalue weighted by Crippen LogP contribution is 2.10. The predicted octanol–water partition coefficient (Wildman–Crippen LogP) is -0.392. The van der Waals surface area contributed by atoms with E-state index in [-0.39, 0.29) is 11.3 Å². The first-order valence-electron chi connectivity index (χ1n) is 5.80. The van der Waals surface area contributed by atoms with E-state index in [1.807, 2.05) is 7.05 Å². The van der Waals surface area contributed by atoms with Crippen molar-refractivity contribution in [1.29, 1.82) is 0 Å². The number of nitrogens with zero attached hydrogens (tertiary/aromatic N) is 1. The standard InChI is InChI=1S/C10H23N3O2S/c1-9(7-11-2)16(14,15)12-10-5-4-6-13(3)8-10/h9-12H,4-8H2,1-3H3. The molecule has 1 aliphatic rings. The van der Waals surface area contributed by atoms with Gasteiger partial charge in [0.05, 0.1) is 5.25 Å². The minimum Gasteiger partial charge on any atom is -0.318 e. The molecule has 0 aliphatic carbocycles. The molecule has 96 valence electrons. The highest BCUT2D eigenvalue weighted by Gasteiger charge is 2.26. The summed E-state index contributed by atoms with van der Waals surface area (Å²) in [7, 11) is 0.605. The number of likely N-dealkylation sites (N-methyl/N-ethyl adjacent to an activating group) is 1. The Bertz CT molecular complexity index is 305. The number of hydrogen-bond acceptors (Lipinski definition) is 4. The Hall–Kier alpha value is -0.170. The predicted molar refractivity (Wildman–Crippen MR) is 66.0 cm³/mol. The van der Waals surface area contributed by atoms with Crippen molar-refractivity contribution in [2.24, 2.45) is 0 Å². The van der Waals surface area contributed by atoms with Crippen LogP contribution in [0.1, 0.15) is 19.8 Å². The van der Waals surface area contributed by atoms with E-state index in [1.165, 1.54) is 0 Å². The second-order valence-corrected chi connectivity index (χ2v) is 6.76. The Labute approximate surface area is 98.6 Å². The average molecular weight is 249 g/mol. The molecule has 0 amide bonds. The van der Waals surface area contributed by atoms with Crippen molar-refractivity contribution in [2.45, 2.75) is 31.1 Å². The molecule has 1 fully saturated rings. The van der Waals surface area contributed by atoms with Gasteiger partial charge in [0, 0.05) is 19.1 Å². The van der Waals surface area contributed by atoms with Gasteiger partial charge in [-0.2, -0.15) is 0 Å². The van der Waals surface area contributed by atoms with Crippen LogP contribution in [0.2, 0.25) is 0 Å². The SMILES string of the molecule is CNCC(C)S(=O)(=O)NC1CCCN(C)C1. The molecule has 0 bridgehead atoms. The Balaban J connectivity index is 2.51. The molecule has 5 nitrogen and oxygen atoms in total. The lowest BCUT2D eigenvalue weighted by atomic mass is 10.1. The molecule has 1 heterocycles. The van der Waals surface area contributed by atoms with E-state index in [9.17, 15) is 8.42 Å². The van der Waals surface area contributed by atoms with E-state index in [2.05, 4.69) is 14.9 Å². The minimum absolute atomic E-state index is 0.0723. The minimum atomic E-state index is -3.18. The molecule has 0 aromatic carbocycles. The topological polar surface area (TPSA) is 61.4 Å². The van der Waals surface area contributed by atoms with Gasteiger partial charge in [-0.1, -0.05) is 0 Å². The molecule has 2 atom stereocenters. The maximum atomic E-state index is 11.9. The Morgan fingerprint density at radius 3 is 2.75 bits per heavy atom. The second-order valence-electron chi connectivity index (χ2n) is 4.63. The van der Waals surface area contributed by atoms with Gasteiger partial charge in [-0.05, 0) is 40.4 Å². The Morgan fingerprint density at radius 2 is 2.19 bits per heavy atom. The van der Waals surface area contributed by atoms with Crippen molar-refractivity contribution < 1.29 is 8.42 Å². The molecular weight excluding hydrogens is 226 g/mol. The van der Waals surface area contributed by atoms with Gasteiger partial charge in [0.25, 0.3) is 0 Å². The zero-order valence-electron chi connectivity index (χ0n) is 10.4.